The van der Waals surface area contributed by atoms with Crippen LogP contribution < -0.4 is 0 Å². The zero-order chi connectivity index (χ0) is 38.6. The van der Waals surface area contributed by atoms with Crippen LogP contribution in [0.25, 0.3) is 0 Å². The van der Waals surface area contributed by atoms with Crippen LogP contribution in [-0.4, -0.2) is 74.9 Å². The van der Waals surface area contributed by atoms with Gasteiger partial charge in [0.2, 0.25) is 0 Å². The maximum Gasteiger partial charge on any atom is 0.472 e. The summed E-state index contributed by atoms with van der Waals surface area (Å²) in [4.78, 5) is 35.2. The van der Waals surface area contributed by atoms with Crippen molar-refractivity contribution in [3.8, 4) is 0 Å². The number of rotatable bonds is 35. The minimum atomic E-state index is -4.38. The lowest BCUT2D eigenvalue weighted by atomic mass is 10.1. The number of phosphoric ester groups is 1. The average Bonchev–Trinajstić information content (AvgIpc) is 3.09. The number of quaternary nitrogens is 1. The molecule has 0 aromatic heterocycles. The van der Waals surface area contributed by atoms with E-state index in [0.717, 1.165) is 77.0 Å². The van der Waals surface area contributed by atoms with Crippen molar-refractivity contribution in [3.63, 3.8) is 0 Å². The van der Waals surface area contributed by atoms with Crippen molar-refractivity contribution in [2.24, 2.45) is 0 Å². The van der Waals surface area contributed by atoms with Crippen LogP contribution in [0.1, 0.15) is 142 Å². The molecule has 0 radical (unpaired) electrons. The number of unbranched alkanes of at least 4 members (excludes halogenated alkanes) is 14. The van der Waals surface area contributed by atoms with E-state index in [-0.39, 0.29) is 32.0 Å². The van der Waals surface area contributed by atoms with Gasteiger partial charge in [0.25, 0.3) is 0 Å². The Morgan fingerprint density at radius 3 is 1.63 bits per heavy atom. The number of allylic oxidation sites excluding steroid dienone is 10. The van der Waals surface area contributed by atoms with E-state index >= 15 is 0 Å². The van der Waals surface area contributed by atoms with Crippen molar-refractivity contribution in [1.29, 1.82) is 0 Å². The van der Waals surface area contributed by atoms with Gasteiger partial charge in [0, 0.05) is 12.8 Å². The molecule has 2 unspecified atom stereocenters. The molecule has 0 rings (SSSR count). The zero-order valence-corrected chi connectivity index (χ0v) is 34.4. The highest BCUT2D eigenvalue weighted by molar-refractivity contribution is 7.47. The molecule has 0 aliphatic carbocycles. The number of esters is 2. The first-order valence-electron chi connectivity index (χ1n) is 20.1. The van der Waals surface area contributed by atoms with E-state index in [9.17, 15) is 19.0 Å². The molecule has 0 bridgehead atoms. The number of phosphoric acid groups is 1. The molecule has 52 heavy (non-hydrogen) atoms. The van der Waals surface area contributed by atoms with Crippen molar-refractivity contribution in [2.75, 3.05) is 47.5 Å². The Bertz CT molecular complexity index is 1080. The number of carbonyl (C=O) groups is 2. The summed E-state index contributed by atoms with van der Waals surface area (Å²) >= 11 is 0. The molecular weight excluding hydrogens is 677 g/mol. The smallest absolute Gasteiger partial charge is 0.462 e. The fourth-order valence-electron chi connectivity index (χ4n) is 4.94. The van der Waals surface area contributed by atoms with E-state index in [4.69, 9.17) is 18.5 Å². The highest BCUT2D eigenvalue weighted by atomic mass is 31.2. The summed E-state index contributed by atoms with van der Waals surface area (Å²) in [5.41, 5.74) is 0. The third-order valence-electron chi connectivity index (χ3n) is 8.12. The van der Waals surface area contributed by atoms with Crippen LogP contribution in [0.3, 0.4) is 0 Å². The van der Waals surface area contributed by atoms with Gasteiger partial charge in [-0.1, -0.05) is 132 Å². The second-order valence-electron chi connectivity index (χ2n) is 14.4. The van der Waals surface area contributed by atoms with Crippen LogP contribution in [-0.2, 0) is 32.7 Å². The molecule has 0 aromatic carbocycles. The SMILES string of the molecule is CC/C=C/C=C/C=C/CCCCCCCC(=O)OC(COC(=O)CCCCCCCC/C=C/C=C/CCCCC)COP(=O)(O)OCC[N+](C)(C)C. The van der Waals surface area contributed by atoms with Gasteiger partial charge in [0.05, 0.1) is 27.7 Å². The molecule has 10 heteroatoms. The van der Waals surface area contributed by atoms with Crippen LogP contribution in [0.2, 0.25) is 0 Å². The van der Waals surface area contributed by atoms with Crippen molar-refractivity contribution in [2.45, 2.75) is 148 Å². The number of ether oxygens (including phenoxy) is 2. The molecule has 0 amide bonds. The van der Waals surface area contributed by atoms with Crippen LogP contribution >= 0.6 is 7.82 Å². The van der Waals surface area contributed by atoms with Crippen LogP contribution in [0.15, 0.2) is 60.8 Å². The lowest BCUT2D eigenvalue weighted by Gasteiger charge is -2.24. The Morgan fingerprint density at radius 1 is 0.615 bits per heavy atom. The number of likely N-dealkylation sites (N-methyl/N-ethyl adjacent to an activating group) is 1. The minimum Gasteiger partial charge on any atom is -0.462 e. The van der Waals surface area contributed by atoms with Gasteiger partial charge in [-0.15, -0.1) is 0 Å². The summed E-state index contributed by atoms with van der Waals surface area (Å²) < 4.78 is 34.2. The number of nitrogens with zero attached hydrogens (tertiary/aromatic N) is 1. The summed E-state index contributed by atoms with van der Waals surface area (Å²) in [7, 11) is 1.44. The van der Waals surface area contributed by atoms with E-state index in [0.29, 0.717) is 17.4 Å². The van der Waals surface area contributed by atoms with Gasteiger partial charge in [0.1, 0.15) is 19.8 Å². The molecule has 0 aliphatic rings. The van der Waals surface area contributed by atoms with Crippen LogP contribution in [0, 0.1) is 0 Å². The predicted molar refractivity (Wildman–Crippen MR) is 215 cm³/mol. The normalized spacial score (nSPS) is 14.3. The van der Waals surface area contributed by atoms with Gasteiger partial charge in [-0.3, -0.25) is 18.6 Å². The molecule has 2 atom stereocenters. The van der Waals surface area contributed by atoms with Gasteiger partial charge in [-0.05, 0) is 57.8 Å². The highest BCUT2D eigenvalue weighted by Crippen LogP contribution is 2.43. The molecule has 0 saturated heterocycles. The topological polar surface area (TPSA) is 108 Å². The largest absolute Gasteiger partial charge is 0.472 e. The Labute approximate surface area is 317 Å². The fourth-order valence-corrected chi connectivity index (χ4v) is 5.69. The highest BCUT2D eigenvalue weighted by Gasteiger charge is 2.27. The molecule has 0 heterocycles. The molecule has 9 nitrogen and oxygen atoms in total. The average molecular weight is 753 g/mol. The van der Waals surface area contributed by atoms with E-state index in [2.05, 4.69) is 56.4 Å². The molecule has 0 aliphatic heterocycles. The summed E-state index contributed by atoms with van der Waals surface area (Å²) in [6, 6.07) is 0. The lowest BCUT2D eigenvalue weighted by Crippen LogP contribution is -2.37. The second-order valence-corrected chi connectivity index (χ2v) is 15.8. The van der Waals surface area contributed by atoms with Gasteiger partial charge >= 0.3 is 19.8 Å². The molecule has 300 valence electrons. The molecule has 1 N–H and O–H groups in total. The Kier molecular flexibility index (Phi) is 33.0. The molecular formula is C42H75NO8P+. The van der Waals surface area contributed by atoms with Gasteiger partial charge < -0.3 is 18.9 Å². The van der Waals surface area contributed by atoms with Gasteiger partial charge in [-0.25, -0.2) is 4.57 Å². The quantitative estimate of drug-likeness (QED) is 0.0224. The summed E-state index contributed by atoms with van der Waals surface area (Å²) in [6.45, 7) is 4.19. The third kappa shape index (κ3) is 37.5. The summed E-state index contributed by atoms with van der Waals surface area (Å²) in [6.07, 6.45) is 39.8. The van der Waals surface area contributed by atoms with Crippen LogP contribution in [0.5, 0.6) is 0 Å². The Balaban J connectivity index is 4.47. The summed E-state index contributed by atoms with van der Waals surface area (Å²) in [5.74, 6) is -0.843. The van der Waals surface area contributed by atoms with Crippen molar-refractivity contribution in [3.05, 3.63) is 60.8 Å². The standard InChI is InChI=1S/C42H74NO8P/c1-6-8-10-12-14-16-18-20-21-23-24-26-28-30-32-34-41(44)48-38-40(39-50-52(46,47)49-37-36-43(3,4)5)51-42(45)35-33-31-29-27-25-22-19-17-15-13-11-9-7-2/h9,11,13-20,40H,6-8,10,12,21-39H2,1-5H3/p+1/b11-9+,15-13+,16-14+,19-17+,20-18+. The monoisotopic (exact) mass is 753 g/mol. The zero-order valence-electron chi connectivity index (χ0n) is 33.5. The number of carbonyl (C=O) groups excluding carboxylic acids is 2. The van der Waals surface area contributed by atoms with Crippen molar-refractivity contribution in [1.82, 2.24) is 0 Å². The predicted octanol–water partition coefficient (Wildman–Crippen LogP) is 10.9. The van der Waals surface area contributed by atoms with Crippen LogP contribution in [0.4, 0.5) is 0 Å². The maximum atomic E-state index is 12.6. The third-order valence-corrected chi connectivity index (χ3v) is 9.10. The maximum absolute atomic E-state index is 12.6. The molecule has 0 spiro atoms. The van der Waals surface area contributed by atoms with E-state index in [1.807, 2.05) is 39.4 Å². The lowest BCUT2D eigenvalue weighted by molar-refractivity contribution is -0.870. The fraction of sp³-hybridized carbons (Fsp3) is 0.714. The Morgan fingerprint density at radius 2 is 1.10 bits per heavy atom. The van der Waals surface area contributed by atoms with E-state index in [1.165, 1.54) is 32.1 Å². The van der Waals surface area contributed by atoms with Crippen molar-refractivity contribution < 1.29 is 42.1 Å². The molecule has 0 aromatic rings. The van der Waals surface area contributed by atoms with E-state index < -0.39 is 26.5 Å². The Hall–Kier alpha value is -2.29. The number of hydrogen-bond donors (Lipinski definition) is 1. The number of hydrogen-bond acceptors (Lipinski definition) is 7. The minimum absolute atomic E-state index is 0.0224. The van der Waals surface area contributed by atoms with Gasteiger partial charge in [0.15, 0.2) is 6.10 Å². The first-order chi connectivity index (χ1) is 25.0. The summed E-state index contributed by atoms with van der Waals surface area (Å²) in [5, 5.41) is 0. The first-order valence-corrected chi connectivity index (χ1v) is 21.6. The molecule has 0 saturated carbocycles. The first kappa shape index (κ1) is 49.7. The van der Waals surface area contributed by atoms with E-state index in [1.54, 1.807) is 0 Å². The molecule has 0 fully saturated rings. The van der Waals surface area contributed by atoms with Crippen molar-refractivity contribution >= 4 is 19.8 Å². The second kappa shape index (κ2) is 34.5. The van der Waals surface area contributed by atoms with Gasteiger partial charge in [-0.2, -0.15) is 0 Å².